The van der Waals surface area contributed by atoms with E-state index in [0.29, 0.717) is 24.6 Å². The second kappa shape index (κ2) is 8.14. The van der Waals surface area contributed by atoms with Crippen molar-refractivity contribution in [2.45, 2.75) is 32.2 Å². The van der Waals surface area contributed by atoms with Crippen LogP contribution >= 0.6 is 11.3 Å². The highest BCUT2D eigenvalue weighted by molar-refractivity contribution is 7.08. The molecule has 6 heteroatoms. The van der Waals surface area contributed by atoms with Gasteiger partial charge in [-0.3, -0.25) is 9.59 Å². The highest BCUT2D eigenvalue weighted by Crippen LogP contribution is 2.11. The van der Waals surface area contributed by atoms with Crippen LogP contribution in [0.3, 0.4) is 0 Å². The second-order valence-electron chi connectivity index (χ2n) is 5.25. The van der Waals surface area contributed by atoms with Crippen molar-refractivity contribution in [3.63, 3.8) is 0 Å². The average molecular weight is 309 g/mol. The van der Waals surface area contributed by atoms with E-state index in [1.807, 2.05) is 15.7 Å². The minimum absolute atomic E-state index is 0.103. The van der Waals surface area contributed by atoms with Crippen LogP contribution in [-0.4, -0.2) is 48.9 Å². The first kappa shape index (κ1) is 16.0. The molecule has 21 heavy (non-hydrogen) atoms. The summed E-state index contributed by atoms with van der Waals surface area (Å²) in [6.07, 6.45) is 2.35. The number of carbonyl (C=O) groups is 2. The van der Waals surface area contributed by atoms with Gasteiger partial charge in [0.1, 0.15) is 0 Å². The number of hydrogen-bond acceptors (Lipinski definition) is 4. The molecule has 2 amide bonds. The SMILES string of the molecule is CCCN(C(=O)CCNC(=O)c1ccsc1)C1CCNC1. The lowest BCUT2D eigenvalue weighted by Gasteiger charge is -2.28. The second-order valence-corrected chi connectivity index (χ2v) is 6.03. The van der Waals surface area contributed by atoms with Gasteiger partial charge in [-0.1, -0.05) is 6.92 Å². The Kier molecular flexibility index (Phi) is 6.20. The molecule has 1 aromatic heterocycles. The smallest absolute Gasteiger partial charge is 0.252 e. The zero-order chi connectivity index (χ0) is 15.1. The van der Waals surface area contributed by atoms with Crippen molar-refractivity contribution in [1.29, 1.82) is 0 Å². The first-order valence-corrected chi connectivity index (χ1v) is 8.47. The van der Waals surface area contributed by atoms with Crippen molar-refractivity contribution >= 4 is 23.2 Å². The number of hydrogen-bond donors (Lipinski definition) is 2. The monoisotopic (exact) mass is 309 g/mol. The molecular weight excluding hydrogens is 286 g/mol. The molecule has 2 heterocycles. The average Bonchev–Trinajstić information content (AvgIpc) is 3.17. The lowest BCUT2D eigenvalue weighted by Crippen LogP contribution is -2.43. The third-order valence-corrected chi connectivity index (χ3v) is 4.35. The topological polar surface area (TPSA) is 61.4 Å². The van der Waals surface area contributed by atoms with Gasteiger partial charge in [-0.05, 0) is 30.8 Å². The summed E-state index contributed by atoms with van der Waals surface area (Å²) in [5.41, 5.74) is 0.665. The molecule has 0 bridgehead atoms. The van der Waals surface area contributed by atoms with Gasteiger partial charge in [0.2, 0.25) is 5.91 Å². The van der Waals surface area contributed by atoms with Crippen LogP contribution < -0.4 is 10.6 Å². The molecule has 1 fully saturated rings. The molecule has 0 aliphatic carbocycles. The molecule has 1 aliphatic rings. The zero-order valence-corrected chi connectivity index (χ0v) is 13.2. The standard InChI is InChI=1S/C15H23N3O2S/c1-2-8-18(13-3-6-16-10-13)14(19)4-7-17-15(20)12-5-9-21-11-12/h5,9,11,13,16H,2-4,6-8,10H2,1H3,(H,17,20). The van der Waals surface area contributed by atoms with Crippen molar-refractivity contribution in [3.8, 4) is 0 Å². The molecule has 0 spiro atoms. The molecule has 5 nitrogen and oxygen atoms in total. The van der Waals surface area contributed by atoms with Gasteiger partial charge in [0, 0.05) is 43.0 Å². The predicted octanol–water partition coefficient (Wildman–Crippen LogP) is 1.47. The van der Waals surface area contributed by atoms with Gasteiger partial charge >= 0.3 is 0 Å². The zero-order valence-electron chi connectivity index (χ0n) is 12.4. The molecule has 1 saturated heterocycles. The van der Waals surface area contributed by atoms with Gasteiger partial charge in [0.25, 0.3) is 5.91 Å². The number of nitrogens with one attached hydrogen (secondary N) is 2. The molecule has 0 radical (unpaired) electrons. The Morgan fingerprint density at radius 1 is 1.52 bits per heavy atom. The number of nitrogens with zero attached hydrogens (tertiary/aromatic N) is 1. The van der Waals surface area contributed by atoms with Crippen LogP contribution in [-0.2, 0) is 4.79 Å². The number of carbonyl (C=O) groups excluding carboxylic acids is 2. The van der Waals surface area contributed by atoms with Gasteiger partial charge in [-0.15, -0.1) is 0 Å². The Morgan fingerprint density at radius 2 is 2.38 bits per heavy atom. The molecule has 1 unspecified atom stereocenters. The summed E-state index contributed by atoms with van der Waals surface area (Å²) >= 11 is 1.49. The Hall–Kier alpha value is -1.40. The lowest BCUT2D eigenvalue weighted by atomic mass is 10.2. The van der Waals surface area contributed by atoms with E-state index in [2.05, 4.69) is 17.6 Å². The maximum absolute atomic E-state index is 12.3. The van der Waals surface area contributed by atoms with E-state index in [9.17, 15) is 9.59 Å². The Bertz CT molecular complexity index is 455. The van der Waals surface area contributed by atoms with E-state index < -0.39 is 0 Å². The van der Waals surface area contributed by atoms with Crippen molar-refractivity contribution < 1.29 is 9.59 Å². The van der Waals surface area contributed by atoms with E-state index in [1.165, 1.54) is 11.3 Å². The fourth-order valence-electron chi connectivity index (χ4n) is 2.58. The molecule has 116 valence electrons. The van der Waals surface area contributed by atoms with Crippen LogP contribution in [0.5, 0.6) is 0 Å². The summed E-state index contributed by atoms with van der Waals surface area (Å²) in [5, 5.41) is 9.79. The normalized spacial score (nSPS) is 17.7. The quantitative estimate of drug-likeness (QED) is 0.802. The fourth-order valence-corrected chi connectivity index (χ4v) is 3.22. The third kappa shape index (κ3) is 4.54. The first-order chi connectivity index (χ1) is 10.2. The molecule has 1 aliphatic heterocycles. The number of rotatable bonds is 7. The fraction of sp³-hybridized carbons (Fsp3) is 0.600. The molecule has 2 rings (SSSR count). The van der Waals surface area contributed by atoms with Crippen LogP contribution in [0.15, 0.2) is 16.8 Å². The Labute approximate surface area is 129 Å². The highest BCUT2D eigenvalue weighted by atomic mass is 32.1. The van der Waals surface area contributed by atoms with Crippen LogP contribution in [0.25, 0.3) is 0 Å². The van der Waals surface area contributed by atoms with Crippen LogP contribution in [0.1, 0.15) is 36.5 Å². The molecule has 2 N–H and O–H groups in total. The van der Waals surface area contributed by atoms with Gasteiger partial charge < -0.3 is 15.5 Å². The van der Waals surface area contributed by atoms with Gasteiger partial charge in [0.15, 0.2) is 0 Å². The number of thiophene rings is 1. The largest absolute Gasteiger partial charge is 0.351 e. The van der Waals surface area contributed by atoms with Crippen LogP contribution in [0, 0.1) is 0 Å². The molecule has 1 aromatic rings. The molecule has 1 atom stereocenters. The van der Waals surface area contributed by atoms with E-state index in [4.69, 9.17) is 0 Å². The molecule has 0 aromatic carbocycles. The molecular formula is C15H23N3O2S. The summed E-state index contributed by atoms with van der Waals surface area (Å²) in [5.74, 6) is 0.0322. The highest BCUT2D eigenvalue weighted by Gasteiger charge is 2.25. The first-order valence-electron chi connectivity index (χ1n) is 7.53. The van der Waals surface area contributed by atoms with E-state index in [1.54, 1.807) is 6.07 Å². The van der Waals surface area contributed by atoms with Crippen LogP contribution in [0.4, 0.5) is 0 Å². The summed E-state index contributed by atoms with van der Waals surface area (Å²) < 4.78 is 0. The van der Waals surface area contributed by atoms with Crippen molar-refractivity contribution in [2.24, 2.45) is 0 Å². The summed E-state index contributed by atoms with van der Waals surface area (Å²) in [7, 11) is 0. The Morgan fingerprint density at radius 3 is 3.00 bits per heavy atom. The lowest BCUT2D eigenvalue weighted by molar-refractivity contribution is -0.133. The van der Waals surface area contributed by atoms with E-state index in [0.717, 1.165) is 32.5 Å². The minimum Gasteiger partial charge on any atom is -0.351 e. The summed E-state index contributed by atoms with van der Waals surface area (Å²) in [4.78, 5) is 26.1. The maximum Gasteiger partial charge on any atom is 0.252 e. The van der Waals surface area contributed by atoms with Crippen LogP contribution in [0.2, 0.25) is 0 Å². The third-order valence-electron chi connectivity index (χ3n) is 3.67. The van der Waals surface area contributed by atoms with Gasteiger partial charge in [-0.25, -0.2) is 0 Å². The number of amides is 2. The Balaban J connectivity index is 1.77. The van der Waals surface area contributed by atoms with Gasteiger partial charge in [-0.2, -0.15) is 11.3 Å². The van der Waals surface area contributed by atoms with Crippen molar-refractivity contribution in [1.82, 2.24) is 15.5 Å². The van der Waals surface area contributed by atoms with Crippen molar-refractivity contribution in [3.05, 3.63) is 22.4 Å². The van der Waals surface area contributed by atoms with E-state index in [-0.39, 0.29) is 11.8 Å². The molecule has 0 saturated carbocycles. The van der Waals surface area contributed by atoms with Crippen molar-refractivity contribution in [2.75, 3.05) is 26.2 Å². The summed E-state index contributed by atoms with van der Waals surface area (Å²) in [6.45, 7) is 5.14. The van der Waals surface area contributed by atoms with Gasteiger partial charge in [0.05, 0.1) is 0 Å². The maximum atomic E-state index is 12.3. The predicted molar refractivity (Wildman–Crippen MR) is 84.5 cm³/mol. The van der Waals surface area contributed by atoms with E-state index >= 15 is 0 Å². The summed E-state index contributed by atoms with van der Waals surface area (Å²) in [6, 6.07) is 2.10. The minimum atomic E-state index is -0.103.